The van der Waals surface area contributed by atoms with Crippen LogP contribution in [0.25, 0.3) is 11.4 Å². The molecule has 2 aliphatic carbocycles. The molecular formula is C27H31N3O5. The Morgan fingerprint density at radius 3 is 2.40 bits per heavy atom. The van der Waals surface area contributed by atoms with Crippen LogP contribution in [0.15, 0.2) is 24.3 Å². The van der Waals surface area contributed by atoms with Crippen LogP contribution in [-0.2, 0) is 24.7 Å². The van der Waals surface area contributed by atoms with Gasteiger partial charge in [-0.3, -0.25) is 0 Å². The molecule has 1 aromatic heterocycles. The van der Waals surface area contributed by atoms with Crippen molar-refractivity contribution in [2.45, 2.75) is 37.1 Å². The fraction of sp³-hybridized carbons (Fsp3) is 0.444. The number of ether oxygens (including phenoxy) is 3. The van der Waals surface area contributed by atoms with Gasteiger partial charge in [-0.15, -0.1) is 0 Å². The largest absolute Gasteiger partial charge is 0.504 e. The molecule has 8 nitrogen and oxygen atoms in total. The lowest BCUT2D eigenvalue weighted by atomic mass is 9.52. The van der Waals surface area contributed by atoms with Crippen LogP contribution in [0.2, 0.25) is 0 Å². The number of aromatic amines is 1. The first-order valence-electron chi connectivity index (χ1n) is 12.0. The highest BCUT2D eigenvalue weighted by atomic mass is 16.5. The Morgan fingerprint density at radius 1 is 1.00 bits per heavy atom. The van der Waals surface area contributed by atoms with E-state index in [0.717, 1.165) is 60.6 Å². The zero-order valence-electron chi connectivity index (χ0n) is 20.5. The molecule has 0 radical (unpaired) electrons. The average molecular weight is 478 g/mol. The predicted octanol–water partition coefficient (Wildman–Crippen LogP) is 3.43. The quantitative estimate of drug-likeness (QED) is 0.529. The maximum atomic E-state index is 11.3. The maximum absolute atomic E-state index is 11.3. The van der Waals surface area contributed by atoms with E-state index in [0.29, 0.717) is 29.2 Å². The number of likely N-dealkylation sites (tertiary alicyclic amines) is 1. The maximum Gasteiger partial charge on any atom is 0.200 e. The molecule has 0 amide bonds. The molecule has 3 aromatic rings. The lowest BCUT2D eigenvalue weighted by Gasteiger charge is -2.57. The van der Waals surface area contributed by atoms with Gasteiger partial charge in [0.25, 0.3) is 0 Å². The van der Waals surface area contributed by atoms with Crippen molar-refractivity contribution in [1.82, 2.24) is 14.9 Å². The molecule has 2 aromatic carbocycles. The highest BCUT2D eigenvalue weighted by Crippen LogP contribution is 2.57. The molecule has 1 aliphatic heterocycles. The van der Waals surface area contributed by atoms with Gasteiger partial charge in [-0.25, -0.2) is 4.98 Å². The van der Waals surface area contributed by atoms with E-state index in [-0.39, 0.29) is 16.9 Å². The number of imidazole rings is 1. The van der Waals surface area contributed by atoms with Crippen LogP contribution in [0.3, 0.4) is 0 Å². The van der Waals surface area contributed by atoms with Gasteiger partial charge in [-0.2, -0.15) is 0 Å². The van der Waals surface area contributed by atoms with E-state index in [1.807, 2.05) is 6.07 Å². The lowest BCUT2D eigenvalue weighted by Crippen LogP contribution is -2.61. The van der Waals surface area contributed by atoms with Crippen molar-refractivity contribution in [3.8, 4) is 40.1 Å². The minimum atomic E-state index is -0.176. The minimum Gasteiger partial charge on any atom is -0.504 e. The van der Waals surface area contributed by atoms with E-state index in [1.54, 1.807) is 19.2 Å². The predicted molar refractivity (Wildman–Crippen MR) is 131 cm³/mol. The summed E-state index contributed by atoms with van der Waals surface area (Å²) in [6.07, 6.45) is 3.50. The molecule has 35 heavy (non-hydrogen) atoms. The summed E-state index contributed by atoms with van der Waals surface area (Å²) in [4.78, 5) is 11.0. The molecule has 184 valence electrons. The minimum absolute atomic E-state index is 0.0298. The van der Waals surface area contributed by atoms with Crippen LogP contribution in [-0.4, -0.2) is 66.0 Å². The van der Waals surface area contributed by atoms with Crippen molar-refractivity contribution in [2.24, 2.45) is 5.92 Å². The van der Waals surface area contributed by atoms with Crippen molar-refractivity contribution in [2.75, 3.05) is 34.9 Å². The van der Waals surface area contributed by atoms with Gasteiger partial charge in [0.2, 0.25) is 5.75 Å². The molecule has 0 saturated carbocycles. The third-order valence-electron chi connectivity index (χ3n) is 8.55. The molecule has 2 heterocycles. The molecule has 1 fully saturated rings. The molecular weight excluding hydrogens is 446 g/mol. The summed E-state index contributed by atoms with van der Waals surface area (Å²) in [5.74, 6) is 2.54. The van der Waals surface area contributed by atoms with Gasteiger partial charge in [-0.1, -0.05) is 6.07 Å². The molecule has 6 rings (SSSR count). The number of likely N-dealkylation sites (N-methyl/N-ethyl adjacent to an activating group) is 1. The fourth-order valence-electron chi connectivity index (χ4n) is 6.83. The van der Waals surface area contributed by atoms with Crippen LogP contribution in [0.5, 0.6) is 28.7 Å². The first-order valence-corrected chi connectivity index (χ1v) is 12.0. The van der Waals surface area contributed by atoms with Crippen molar-refractivity contribution in [3.05, 3.63) is 46.8 Å². The number of methoxy groups -OCH3 is 3. The number of aromatic nitrogens is 2. The second-order valence-electron chi connectivity index (χ2n) is 10.0. The number of aromatic hydroxyl groups is 2. The number of benzene rings is 2. The molecule has 0 spiro atoms. The summed E-state index contributed by atoms with van der Waals surface area (Å²) in [7, 11) is 6.86. The van der Waals surface area contributed by atoms with Gasteiger partial charge in [0.15, 0.2) is 23.0 Å². The molecule has 3 N–H and O–H groups in total. The fourth-order valence-corrected chi connectivity index (χ4v) is 6.83. The van der Waals surface area contributed by atoms with Crippen LogP contribution >= 0.6 is 0 Å². The first kappa shape index (κ1) is 22.1. The van der Waals surface area contributed by atoms with E-state index in [4.69, 9.17) is 19.2 Å². The van der Waals surface area contributed by atoms with Crippen LogP contribution in [0.1, 0.15) is 28.9 Å². The number of hydrogen-bond donors (Lipinski definition) is 3. The SMILES string of the molecule is COc1cc(-c2nc3c([nH]2)C[C@@]24CCN(C)[C@@H](Cc5ccc(OC)c(O)c52)[C@H]4C3)cc(OC)c1O. The number of fused-ring (bicyclic) bond motifs is 2. The van der Waals surface area contributed by atoms with Crippen molar-refractivity contribution in [1.29, 1.82) is 0 Å². The Hall–Kier alpha value is -3.39. The molecule has 1 saturated heterocycles. The van der Waals surface area contributed by atoms with E-state index < -0.39 is 0 Å². The van der Waals surface area contributed by atoms with E-state index >= 15 is 0 Å². The molecule has 2 bridgehead atoms. The van der Waals surface area contributed by atoms with Gasteiger partial charge in [0, 0.05) is 28.3 Å². The Kier molecular flexibility index (Phi) is 4.93. The molecule has 0 unspecified atom stereocenters. The number of rotatable bonds is 4. The summed E-state index contributed by atoms with van der Waals surface area (Å²) in [6.45, 7) is 0.986. The standard InChI is InChI=1S/C27H31N3O5/c1-30-8-7-27-13-18-17(28-26(29-18)15-10-21(34-3)24(31)22(11-15)35-4)12-16(27)19(30)9-14-5-6-20(33-2)25(32)23(14)27/h5-6,10-11,16,19,31-32H,7-9,12-13H2,1-4H3,(H,28,29)/t16-,19+,27-/m1/s1. The summed E-state index contributed by atoms with van der Waals surface area (Å²) in [6, 6.07) is 7.94. The van der Waals surface area contributed by atoms with Gasteiger partial charge in [0.1, 0.15) is 5.82 Å². The summed E-state index contributed by atoms with van der Waals surface area (Å²) in [5, 5.41) is 21.6. The summed E-state index contributed by atoms with van der Waals surface area (Å²) in [5.41, 5.74) is 5.05. The first-order chi connectivity index (χ1) is 16.9. The highest BCUT2D eigenvalue weighted by Gasteiger charge is 2.56. The smallest absolute Gasteiger partial charge is 0.200 e. The van der Waals surface area contributed by atoms with Gasteiger partial charge in [-0.05, 0) is 69.0 Å². The monoisotopic (exact) mass is 477 g/mol. The number of nitrogens with one attached hydrogen (secondary N) is 1. The Bertz CT molecular complexity index is 1290. The van der Waals surface area contributed by atoms with Crippen molar-refractivity contribution >= 4 is 0 Å². The number of piperidine rings is 1. The lowest BCUT2D eigenvalue weighted by molar-refractivity contribution is 0.0215. The topological polar surface area (TPSA) is 100 Å². The van der Waals surface area contributed by atoms with Crippen molar-refractivity contribution < 1.29 is 24.4 Å². The number of nitrogens with zero attached hydrogens (tertiary/aromatic N) is 2. The van der Waals surface area contributed by atoms with Crippen LogP contribution in [0, 0.1) is 5.92 Å². The Balaban J connectivity index is 1.48. The van der Waals surface area contributed by atoms with Crippen LogP contribution in [0.4, 0.5) is 0 Å². The van der Waals surface area contributed by atoms with E-state index in [9.17, 15) is 10.2 Å². The zero-order chi connectivity index (χ0) is 24.5. The third-order valence-corrected chi connectivity index (χ3v) is 8.55. The van der Waals surface area contributed by atoms with Gasteiger partial charge in [0.05, 0.1) is 27.0 Å². The number of hydrogen-bond acceptors (Lipinski definition) is 7. The number of phenols is 2. The molecule has 8 heteroatoms. The van der Waals surface area contributed by atoms with Crippen LogP contribution < -0.4 is 14.2 Å². The Labute approximate surface area is 204 Å². The molecule has 3 atom stereocenters. The summed E-state index contributed by atoms with van der Waals surface area (Å²) >= 11 is 0. The van der Waals surface area contributed by atoms with Gasteiger partial charge >= 0.3 is 0 Å². The highest BCUT2D eigenvalue weighted by molar-refractivity contribution is 5.67. The third kappa shape index (κ3) is 3.05. The van der Waals surface area contributed by atoms with Gasteiger partial charge < -0.3 is 34.3 Å². The average Bonchev–Trinajstić information content (AvgIpc) is 3.27. The Morgan fingerprint density at radius 2 is 1.71 bits per heavy atom. The second kappa shape index (κ2) is 7.81. The molecule has 3 aliphatic rings. The normalized spacial score (nSPS) is 24.8. The second-order valence-corrected chi connectivity index (χ2v) is 10.0. The van der Waals surface area contributed by atoms with E-state index in [1.165, 1.54) is 19.8 Å². The number of H-pyrrole nitrogens is 1. The number of phenolic OH excluding ortho intramolecular Hbond substituents is 2. The van der Waals surface area contributed by atoms with E-state index in [2.05, 4.69) is 23.0 Å². The zero-order valence-corrected chi connectivity index (χ0v) is 20.5. The summed E-state index contributed by atoms with van der Waals surface area (Å²) < 4.78 is 16.2. The van der Waals surface area contributed by atoms with Crippen molar-refractivity contribution in [3.63, 3.8) is 0 Å².